The highest BCUT2D eigenvalue weighted by Gasteiger charge is 2.30. The summed E-state index contributed by atoms with van der Waals surface area (Å²) in [4.78, 5) is 46.8. The Morgan fingerprint density at radius 1 is 0.906 bits per heavy atom. The Balaban J connectivity index is 1.12. The number of azo groups is 1. The average Bonchev–Trinajstić information content (AvgIpc) is 3.70. The van der Waals surface area contributed by atoms with Crippen LogP contribution in [0.1, 0.15) is 84.8 Å². The molecule has 280 valence electrons. The van der Waals surface area contributed by atoms with Gasteiger partial charge in [-0.3, -0.25) is 14.4 Å². The van der Waals surface area contributed by atoms with Crippen LogP contribution >= 0.6 is 0 Å². The van der Waals surface area contributed by atoms with E-state index in [1.807, 2.05) is 49.4 Å². The number of nitrogens with two attached hydrogens (primary N) is 1. The SMILES string of the molecule is Cc1cc(C(=O)NC2CCC(N(C)C)CC2)ccc1-c1ccc(C[C@H](CC(=O)C2CCC(CN)CC2)C(=O)Nc2ccc(C3=NCN=N3)c(F)c2)cc1. The maximum absolute atomic E-state index is 15.0. The second-order valence-corrected chi connectivity index (χ2v) is 15.2. The minimum atomic E-state index is -0.645. The summed E-state index contributed by atoms with van der Waals surface area (Å²) in [7, 11) is 4.23. The van der Waals surface area contributed by atoms with Crippen molar-refractivity contribution in [3.63, 3.8) is 0 Å². The largest absolute Gasteiger partial charge is 0.349 e. The monoisotopic (exact) mass is 721 g/mol. The Kier molecular flexibility index (Phi) is 12.6. The van der Waals surface area contributed by atoms with E-state index in [1.165, 1.54) is 12.1 Å². The molecule has 3 aliphatic rings. The summed E-state index contributed by atoms with van der Waals surface area (Å²) in [5.41, 5.74) is 11.0. The lowest BCUT2D eigenvalue weighted by molar-refractivity contribution is -0.129. The van der Waals surface area contributed by atoms with Gasteiger partial charge in [-0.25, -0.2) is 9.38 Å². The number of aliphatic imine (C=N–C) groups is 1. The molecule has 11 heteroatoms. The van der Waals surface area contributed by atoms with Crippen LogP contribution in [0.25, 0.3) is 11.1 Å². The summed E-state index contributed by atoms with van der Waals surface area (Å²) in [6, 6.07) is 19.0. The van der Waals surface area contributed by atoms with Gasteiger partial charge in [-0.05, 0) is 144 Å². The van der Waals surface area contributed by atoms with Crippen LogP contribution < -0.4 is 16.4 Å². The number of halogens is 1. The van der Waals surface area contributed by atoms with Gasteiger partial charge >= 0.3 is 0 Å². The Labute approximate surface area is 311 Å². The van der Waals surface area contributed by atoms with Crippen LogP contribution in [0.15, 0.2) is 75.9 Å². The number of amidine groups is 1. The van der Waals surface area contributed by atoms with E-state index in [-0.39, 0.29) is 54.0 Å². The highest BCUT2D eigenvalue weighted by molar-refractivity contribution is 6.01. The van der Waals surface area contributed by atoms with Gasteiger partial charge in [0.25, 0.3) is 5.91 Å². The van der Waals surface area contributed by atoms with Gasteiger partial charge in [0.1, 0.15) is 11.6 Å². The van der Waals surface area contributed by atoms with E-state index in [1.54, 1.807) is 6.07 Å². The average molecular weight is 722 g/mol. The van der Waals surface area contributed by atoms with Crippen molar-refractivity contribution in [1.82, 2.24) is 10.2 Å². The second kappa shape index (κ2) is 17.5. The molecule has 0 saturated heterocycles. The summed E-state index contributed by atoms with van der Waals surface area (Å²) >= 11 is 0. The summed E-state index contributed by atoms with van der Waals surface area (Å²) in [5.74, 6) is -0.907. The van der Waals surface area contributed by atoms with Crippen molar-refractivity contribution >= 4 is 29.1 Å². The van der Waals surface area contributed by atoms with E-state index < -0.39 is 11.7 Å². The molecule has 1 aliphatic heterocycles. The van der Waals surface area contributed by atoms with Crippen molar-refractivity contribution in [3.05, 3.63) is 88.7 Å². The van der Waals surface area contributed by atoms with Gasteiger partial charge in [-0.2, -0.15) is 5.11 Å². The van der Waals surface area contributed by atoms with Crippen LogP contribution in [0.4, 0.5) is 10.1 Å². The predicted molar refractivity (Wildman–Crippen MR) is 206 cm³/mol. The van der Waals surface area contributed by atoms with Gasteiger partial charge in [-0.1, -0.05) is 30.3 Å². The first-order chi connectivity index (χ1) is 25.6. The molecule has 3 aromatic rings. The number of hydrogen-bond donors (Lipinski definition) is 3. The predicted octanol–water partition coefficient (Wildman–Crippen LogP) is 7.10. The molecular weight excluding hydrogens is 670 g/mol. The number of carbonyl (C=O) groups is 3. The quantitative estimate of drug-likeness (QED) is 0.173. The first-order valence-corrected chi connectivity index (χ1v) is 19.0. The maximum atomic E-state index is 15.0. The fourth-order valence-electron chi connectivity index (χ4n) is 8.01. The first-order valence-electron chi connectivity index (χ1n) is 19.0. The summed E-state index contributed by atoms with van der Waals surface area (Å²) in [6.07, 6.45) is 8.01. The Bertz CT molecular complexity index is 1840. The first kappa shape index (κ1) is 38.1. The molecule has 1 atom stereocenters. The number of aryl methyl sites for hydroxylation is 1. The second-order valence-electron chi connectivity index (χ2n) is 15.2. The third-order valence-electron chi connectivity index (χ3n) is 11.4. The Morgan fingerprint density at radius 2 is 1.62 bits per heavy atom. The van der Waals surface area contributed by atoms with E-state index in [4.69, 9.17) is 5.73 Å². The molecule has 0 unspecified atom stereocenters. The van der Waals surface area contributed by atoms with E-state index >= 15 is 0 Å². The number of amides is 2. The van der Waals surface area contributed by atoms with Crippen molar-refractivity contribution in [2.24, 2.45) is 38.7 Å². The smallest absolute Gasteiger partial charge is 0.251 e. The van der Waals surface area contributed by atoms with Crippen LogP contribution in [-0.2, 0) is 16.0 Å². The van der Waals surface area contributed by atoms with E-state index in [9.17, 15) is 18.8 Å². The standard InChI is InChI=1S/C42H52FN7O3/c1-26-20-31(41(52)47-33-13-16-35(17-14-33)50(2)3)12-18-36(26)29-8-4-27(5-9-29)21-32(22-39(51)30-10-6-28(24-44)7-11-30)42(53)48-34-15-19-37(38(43)23-34)40-45-25-46-49-40/h4-5,8-9,12,15,18-20,23,28,30,32-33,35H,6-7,10-11,13-14,16-17,21-22,24-25,44H2,1-3H3,(H,47,52)(H,48,53)/t28?,30?,32-,33?,35?/m1/s1. The van der Waals surface area contributed by atoms with Gasteiger partial charge in [0.2, 0.25) is 5.91 Å². The van der Waals surface area contributed by atoms with Crippen molar-refractivity contribution < 1.29 is 18.8 Å². The summed E-state index contributed by atoms with van der Waals surface area (Å²) in [6.45, 7) is 2.81. The van der Waals surface area contributed by atoms with Crippen LogP contribution in [-0.4, -0.2) is 67.7 Å². The molecule has 6 rings (SSSR count). The third kappa shape index (κ3) is 9.69. The highest BCUT2D eigenvalue weighted by Crippen LogP contribution is 2.32. The van der Waals surface area contributed by atoms with Gasteiger partial charge in [0.15, 0.2) is 12.5 Å². The van der Waals surface area contributed by atoms with Crippen LogP contribution in [0.3, 0.4) is 0 Å². The van der Waals surface area contributed by atoms with Crippen molar-refractivity contribution in [2.45, 2.75) is 83.2 Å². The molecule has 2 saturated carbocycles. The molecular formula is C42H52FN7O3. The normalized spacial score (nSPS) is 22.0. The molecule has 10 nitrogen and oxygen atoms in total. The number of rotatable bonds is 13. The van der Waals surface area contributed by atoms with Crippen molar-refractivity contribution in [2.75, 3.05) is 32.6 Å². The molecule has 0 radical (unpaired) electrons. The fourth-order valence-corrected chi connectivity index (χ4v) is 8.01. The molecule has 1 heterocycles. The lowest BCUT2D eigenvalue weighted by Gasteiger charge is -2.33. The van der Waals surface area contributed by atoms with Crippen LogP contribution in [0.5, 0.6) is 0 Å². The Hall–Kier alpha value is -4.61. The summed E-state index contributed by atoms with van der Waals surface area (Å²) in [5, 5.41) is 13.8. The molecule has 2 amide bonds. The third-order valence-corrected chi connectivity index (χ3v) is 11.4. The molecule has 0 spiro atoms. The lowest BCUT2D eigenvalue weighted by Crippen LogP contribution is -2.41. The van der Waals surface area contributed by atoms with Gasteiger partial charge in [0.05, 0.1) is 5.56 Å². The van der Waals surface area contributed by atoms with E-state index in [0.717, 1.165) is 73.6 Å². The molecule has 53 heavy (non-hydrogen) atoms. The maximum Gasteiger partial charge on any atom is 0.251 e. The van der Waals surface area contributed by atoms with Crippen LogP contribution in [0, 0.1) is 30.5 Å². The summed E-state index contributed by atoms with van der Waals surface area (Å²) < 4.78 is 15.0. The van der Waals surface area contributed by atoms with Gasteiger partial charge in [-0.15, -0.1) is 5.11 Å². The van der Waals surface area contributed by atoms with Crippen molar-refractivity contribution in [3.8, 4) is 11.1 Å². The number of carbonyl (C=O) groups excluding carboxylic acids is 3. The highest BCUT2D eigenvalue weighted by atomic mass is 19.1. The number of benzene rings is 3. The topological polar surface area (TPSA) is 142 Å². The van der Waals surface area contributed by atoms with E-state index in [2.05, 4.69) is 44.8 Å². The van der Waals surface area contributed by atoms with Crippen LogP contribution in [0.2, 0.25) is 0 Å². The zero-order valence-corrected chi connectivity index (χ0v) is 31.1. The van der Waals surface area contributed by atoms with E-state index in [0.29, 0.717) is 36.2 Å². The zero-order valence-electron chi connectivity index (χ0n) is 31.1. The minimum Gasteiger partial charge on any atom is -0.349 e. The van der Waals surface area contributed by atoms with Gasteiger partial charge < -0.3 is 21.3 Å². The minimum absolute atomic E-state index is 0.0389. The molecule has 0 bridgehead atoms. The zero-order chi connectivity index (χ0) is 37.5. The number of ketones is 1. The molecule has 2 fully saturated rings. The number of Topliss-reactive ketones (excluding diaryl/α,β-unsaturated/α-hetero) is 1. The number of hydrogen-bond acceptors (Lipinski definition) is 8. The van der Waals surface area contributed by atoms with Gasteiger partial charge in [0, 0.05) is 41.6 Å². The lowest BCUT2D eigenvalue weighted by atomic mass is 9.77. The molecule has 3 aromatic carbocycles. The number of nitrogens with one attached hydrogen (secondary N) is 2. The molecule has 4 N–H and O–H groups in total. The Morgan fingerprint density at radius 3 is 2.25 bits per heavy atom. The fraction of sp³-hybridized carbons (Fsp3) is 0.476. The number of nitrogens with zero attached hydrogens (tertiary/aromatic N) is 4. The van der Waals surface area contributed by atoms with Crippen molar-refractivity contribution in [1.29, 1.82) is 0 Å². The number of anilines is 1. The molecule has 0 aromatic heterocycles. The molecule has 2 aliphatic carbocycles.